The molecule has 1 saturated heterocycles. The molecule has 2 amide bonds. The van der Waals surface area contributed by atoms with Gasteiger partial charge in [0.05, 0.1) is 0 Å². The Labute approximate surface area is 170 Å². The van der Waals surface area contributed by atoms with Crippen LogP contribution in [0.4, 0.5) is 5.69 Å². The molecule has 7 nitrogen and oxygen atoms in total. The molecule has 2 aromatic rings. The maximum atomic E-state index is 12.2. The minimum Gasteiger partial charge on any atom is -0.480 e. The van der Waals surface area contributed by atoms with Gasteiger partial charge in [0.25, 0.3) is 5.91 Å². The van der Waals surface area contributed by atoms with Crippen molar-refractivity contribution in [3.05, 3.63) is 60.2 Å². The van der Waals surface area contributed by atoms with Gasteiger partial charge in [-0.15, -0.1) is 0 Å². The summed E-state index contributed by atoms with van der Waals surface area (Å²) in [6.07, 6.45) is 0.264. The zero-order valence-electron chi connectivity index (χ0n) is 16.3. The molecule has 2 N–H and O–H groups in total. The van der Waals surface area contributed by atoms with Crippen molar-refractivity contribution in [2.24, 2.45) is 0 Å². The molecule has 0 aromatic heterocycles. The van der Waals surface area contributed by atoms with Gasteiger partial charge in [-0.2, -0.15) is 0 Å². The van der Waals surface area contributed by atoms with E-state index >= 15 is 0 Å². The largest absolute Gasteiger partial charge is 0.480 e. The van der Waals surface area contributed by atoms with E-state index < -0.39 is 6.10 Å². The first-order valence-corrected chi connectivity index (χ1v) is 10.0. The molecule has 0 aliphatic carbocycles. The molecular weight excluding hydrogens is 368 g/mol. The molecule has 0 bridgehead atoms. The standard InChI is InChI=1S/C22H26N4O3/c27-21(23-24-22(28)20-16-17-6-4-5-9-19(17)29-20)10-11-25-12-14-26(15-13-25)18-7-2-1-3-8-18/h1-9,20H,10-16H2,(H,23,27)(H,24,28). The van der Waals surface area contributed by atoms with Crippen molar-refractivity contribution in [2.45, 2.75) is 18.9 Å². The summed E-state index contributed by atoms with van der Waals surface area (Å²) in [5.74, 6) is 0.207. The van der Waals surface area contributed by atoms with Crippen LogP contribution in [0, 0.1) is 0 Å². The van der Waals surface area contributed by atoms with E-state index in [4.69, 9.17) is 4.74 Å². The van der Waals surface area contributed by atoms with Crippen LogP contribution < -0.4 is 20.5 Å². The number of hydrogen-bond acceptors (Lipinski definition) is 5. The second kappa shape index (κ2) is 8.96. The fourth-order valence-corrected chi connectivity index (χ4v) is 3.73. The van der Waals surface area contributed by atoms with Gasteiger partial charge in [0, 0.05) is 51.3 Å². The highest BCUT2D eigenvalue weighted by molar-refractivity contribution is 5.85. The summed E-state index contributed by atoms with van der Waals surface area (Å²) in [5.41, 5.74) is 7.24. The summed E-state index contributed by atoms with van der Waals surface area (Å²) in [7, 11) is 0. The number of rotatable bonds is 5. The number of piperazine rings is 1. The van der Waals surface area contributed by atoms with Gasteiger partial charge in [0.15, 0.2) is 6.10 Å². The van der Waals surface area contributed by atoms with Crippen LogP contribution in [0.25, 0.3) is 0 Å². The van der Waals surface area contributed by atoms with Crippen molar-refractivity contribution in [1.82, 2.24) is 15.8 Å². The number of carbonyl (C=O) groups is 2. The lowest BCUT2D eigenvalue weighted by Crippen LogP contribution is -2.50. The molecule has 4 rings (SSSR count). The van der Waals surface area contributed by atoms with E-state index in [0.29, 0.717) is 19.4 Å². The van der Waals surface area contributed by atoms with Gasteiger partial charge < -0.3 is 9.64 Å². The lowest BCUT2D eigenvalue weighted by atomic mass is 10.1. The maximum absolute atomic E-state index is 12.2. The number of hydrogen-bond donors (Lipinski definition) is 2. The van der Waals surface area contributed by atoms with Crippen LogP contribution in [-0.4, -0.2) is 55.5 Å². The third-order valence-electron chi connectivity index (χ3n) is 5.41. The van der Waals surface area contributed by atoms with Crippen LogP contribution in [-0.2, 0) is 16.0 Å². The van der Waals surface area contributed by atoms with E-state index in [2.05, 4.69) is 44.9 Å². The third kappa shape index (κ3) is 4.86. The predicted molar refractivity (Wildman–Crippen MR) is 111 cm³/mol. The van der Waals surface area contributed by atoms with Crippen LogP contribution in [0.1, 0.15) is 12.0 Å². The summed E-state index contributed by atoms with van der Waals surface area (Å²) in [5, 5.41) is 0. The number of fused-ring (bicyclic) bond motifs is 1. The number of hydrazine groups is 1. The number of carbonyl (C=O) groups excluding carboxylic acids is 2. The molecule has 2 heterocycles. The number of nitrogens with zero attached hydrogens (tertiary/aromatic N) is 2. The molecule has 152 valence electrons. The topological polar surface area (TPSA) is 73.9 Å². The number of nitrogens with one attached hydrogen (secondary N) is 2. The van der Waals surface area contributed by atoms with Crippen LogP contribution in [0.2, 0.25) is 0 Å². The Balaban J connectivity index is 1.14. The highest BCUT2D eigenvalue weighted by Gasteiger charge is 2.29. The van der Waals surface area contributed by atoms with Crippen LogP contribution in [0.3, 0.4) is 0 Å². The number of amides is 2. The molecule has 1 unspecified atom stereocenters. The average molecular weight is 394 g/mol. The fraction of sp³-hybridized carbons (Fsp3) is 0.364. The molecule has 2 aromatic carbocycles. The Morgan fingerprint density at radius 1 is 0.931 bits per heavy atom. The van der Waals surface area contributed by atoms with Crippen molar-refractivity contribution in [3.63, 3.8) is 0 Å². The van der Waals surface area contributed by atoms with E-state index in [9.17, 15) is 9.59 Å². The Morgan fingerprint density at radius 3 is 2.41 bits per heavy atom. The molecule has 29 heavy (non-hydrogen) atoms. The van der Waals surface area contributed by atoms with E-state index in [1.54, 1.807) is 0 Å². The lowest BCUT2D eigenvalue weighted by molar-refractivity contribution is -0.132. The molecule has 1 atom stereocenters. The molecule has 0 spiro atoms. The van der Waals surface area contributed by atoms with Gasteiger partial charge in [0.1, 0.15) is 5.75 Å². The highest BCUT2D eigenvalue weighted by atomic mass is 16.5. The van der Waals surface area contributed by atoms with Gasteiger partial charge in [-0.05, 0) is 23.8 Å². The van der Waals surface area contributed by atoms with Crippen LogP contribution in [0.5, 0.6) is 5.75 Å². The zero-order chi connectivity index (χ0) is 20.1. The quantitative estimate of drug-likeness (QED) is 0.749. The van der Waals surface area contributed by atoms with Crippen LogP contribution in [0.15, 0.2) is 54.6 Å². The first-order valence-electron chi connectivity index (χ1n) is 10.0. The predicted octanol–water partition coefficient (Wildman–Crippen LogP) is 1.35. The molecule has 2 aliphatic heterocycles. The summed E-state index contributed by atoms with van der Waals surface area (Å²) in [4.78, 5) is 29.0. The minimum atomic E-state index is -0.598. The monoisotopic (exact) mass is 394 g/mol. The Bertz CT molecular complexity index is 825. The molecule has 0 saturated carbocycles. The van der Waals surface area contributed by atoms with Crippen molar-refractivity contribution in [1.29, 1.82) is 0 Å². The molecular formula is C22H26N4O3. The van der Waals surface area contributed by atoms with Crippen molar-refractivity contribution < 1.29 is 14.3 Å². The smallest absolute Gasteiger partial charge is 0.279 e. The molecule has 0 radical (unpaired) electrons. The first kappa shape index (κ1) is 19.3. The SMILES string of the molecule is O=C(CCN1CCN(c2ccccc2)CC1)NNC(=O)C1Cc2ccccc2O1. The molecule has 2 aliphatic rings. The van der Waals surface area contributed by atoms with E-state index in [1.165, 1.54) is 5.69 Å². The summed E-state index contributed by atoms with van der Waals surface area (Å²) >= 11 is 0. The van der Waals surface area contributed by atoms with E-state index in [-0.39, 0.29) is 11.8 Å². The highest BCUT2D eigenvalue weighted by Crippen LogP contribution is 2.27. The number of para-hydroxylation sites is 2. The Morgan fingerprint density at radius 2 is 1.66 bits per heavy atom. The van der Waals surface area contributed by atoms with Crippen molar-refractivity contribution >= 4 is 17.5 Å². The van der Waals surface area contributed by atoms with Crippen LogP contribution >= 0.6 is 0 Å². The fourth-order valence-electron chi connectivity index (χ4n) is 3.73. The number of benzene rings is 2. The Hall–Kier alpha value is -3.06. The van der Waals surface area contributed by atoms with Crippen molar-refractivity contribution in [3.8, 4) is 5.75 Å². The molecule has 1 fully saturated rings. The average Bonchev–Trinajstić information content (AvgIpc) is 3.21. The minimum absolute atomic E-state index is 0.195. The normalized spacial score (nSPS) is 18.6. The summed E-state index contributed by atoms with van der Waals surface area (Å²) < 4.78 is 5.63. The van der Waals surface area contributed by atoms with E-state index in [0.717, 1.165) is 37.5 Å². The van der Waals surface area contributed by atoms with Crippen molar-refractivity contribution in [2.75, 3.05) is 37.6 Å². The second-order valence-electron chi connectivity index (χ2n) is 7.37. The molecule has 7 heteroatoms. The van der Waals surface area contributed by atoms with Gasteiger partial charge in [-0.1, -0.05) is 36.4 Å². The third-order valence-corrected chi connectivity index (χ3v) is 5.41. The summed E-state index contributed by atoms with van der Waals surface area (Å²) in [6, 6.07) is 18.0. The lowest BCUT2D eigenvalue weighted by Gasteiger charge is -2.36. The first-order chi connectivity index (χ1) is 14.2. The van der Waals surface area contributed by atoms with Gasteiger partial charge in [-0.3, -0.25) is 25.3 Å². The second-order valence-corrected chi connectivity index (χ2v) is 7.37. The number of ether oxygens (including phenoxy) is 1. The number of anilines is 1. The zero-order valence-corrected chi connectivity index (χ0v) is 16.3. The van der Waals surface area contributed by atoms with E-state index in [1.807, 2.05) is 30.3 Å². The van der Waals surface area contributed by atoms with Gasteiger partial charge in [0.2, 0.25) is 5.91 Å². The Kier molecular flexibility index (Phi) is 5.95. The summed E-state index contributed by atoms with van der Waals surface area (Å²) in [6.45, 7) is 4.41. The maximum Gasteiger partial charge on any atom is 0.279 e. The van der Waals surface area contributed by atoms with Gasteiger partial charge >= 0.3 is 0 Å². The van der Waals surface area contributed by atoms with Gasteiger partial charge in [-0.25, -0.2) is 0 Å².